The van der Waals surface area contributed by atoms with Crippen molar-refractivity contribution in [1.82, 2.24) is 15.3 Å². The number of hydrogen-bond donors (Lipinski definition) is 2. The molecular formula is C12H12IN3O2. The highest BCUT2D eigenvalue weighted by Crippen LogP contribution is 2.22. The van der Waals surface area contributed by atoms with Crippen molar-refractivity contribution < 1.29 is 4.74 Å². The van der Waals surface area contributed by atoms with Gasteiger partial charge in [-0.3, -0.25) is 4.79 Å². The van der Waals surface area contributed by atoms with E-state index in [0.717, 1.165) is 12.1 Å². The number of nitrogens with zero attached hydrogens (tertiary/aromatic N) is 1. The lowest BCUT2D eigenvalue weighted by atomic mass is 10.2. The summed E-state index contributed by atoms with van der Waals surface area (Å²) < 4.78 is 6.05. The largest absolute Gasteiger partial charge is 0.438 e. The van der Waals surface area contributed by atoms with Crippen LogP contribution in [-0.4, -0.2) is 17.0 Å². The zero-order valence-corrected chi connectivity index (χ0v) is 11.9. The van der Waals surface area contributed by atoms with Crippen LogP contribution in [0.25, 0.3) is 0 Å². The molecule has 0 atom stereocenters. The third kappa shape index (κ3) is 3.08. The summed E-state index contributed by atoms with van der Waals surface area (Å²) >= 11 is 1.91. The first-order chi connectivity index (χ1) is 8.70. The monoisotopic (exact) mass is 357 g/mol. The van der Waals surface area contributed by atoms with Crippen molar-refractivity contribution in [2.45, 2.75) is 6.54 Å². The molecule has 5 nitrogen and oxygen atoms in total. The van der Waals surface area contributed by atoms with Crippen LogP contribution in [0.1, 0.15) is 5.56 Å². The molecule has 0 fully saturated rings. The summed E-state index contributed by atoms with van der Waals surface area (Å²) in [6.45, 7) is 0.761. The maximum atomic E-state index is 11.4. The number of nitrogens with one attached hydrogen (secondary N) is 2. The second kappa shape index (κ2) is 5.96. The maximum absolute atomic E-state index is 11.4. The average Bonchev–Trinajstić information content (AvgIpc) is 2.36. The highest BCUT2D eigenvalue weighted by Gasteiger charge is 2.07. The minimum Gasteiger partial charge on any atom is -0.438 e. The fraction of sp³-hybridized carbons (Fsp3) is 0.167. The van der Waals surface area contributed by atoms with Gasteiger partial charge in [0.1, 0.15) is 9.32 Å². The van der Waals surface area contributed by atoms with Gasteiger partial charge in [0.15, 0.2) is 0 Å². The number of H-pyrrole nitrogens is 1. The lowest BCUT2D eigenvalue weighted by molar-refractivity contribution is 0.455. The molecule has 0 aliphatic carbocycles. The Morgan fingerprint density at radius 2 is 2.33 bits per heavy atom. The van der Waals surface area contributed by atoms with Crippen molar-refractivity contribution in [2.24, 2.45) is 0 Å². The van der Waals surface area contributed by atoms with Crippen LogP contribution < -0.4 is 15.6 Å². The molecule has 1 aromatic heterocycles. The van der Waals surface area contributed by atoms with Crippen molar-refractivity contribution in [1.29, 1.82) is 0 Å². The molecule has 2 rings (SSSR count). The summed E-state index contributed by atoms with van der Waals surface area (Å²) in [7, 11) is 1.88. The minimum absolute atomic E-state index is 0.202. The molecule has 0 spiro atoms. The van der Waals surface area contributed by atoms with E-state index in [2.05, 4.69) is 15.3 Å². The van der Waals surface area contributed by atoms with Gasteiger partial charge >= 0.3 is 0 Å². The van der Waals surface area contributed by atoms with E-state index in [4.69, 9.17) is 4.74 Å². The Bertz CT molecular complexity index is 598. The first kappa shape index (κ1) is 13.0. The van der Waals surface area contributed by atoms with Gasteiger partial charge < -0.3 is 15.0 Å². The van der Waals surface area contributed by atoms with Gasteiger partial charge in [0.25, 0.3) is 5.56 Å². The van der Waals surface area contributed by atoms with Crippen molar-refractivity contribution >= 4 is 22.6 Å². The van der Waals surface area contributed by atoms with Crippen molar-refractivity contribution in [2.75, 3.05) is 7.05 Å². The van der Waals surface area contributed by atoms with E-state index in [-0.39, 0.29) is 5.56 Å². The average molecular weight is 357 g/mol. The Morgan fingerprint density at radius 1 is 1.50 bits per heavy atom. The van der Waals surface area contributed by atoms with Crippen LogP contribution in [0.5, 0.6) is 11.6 Å². The maximum Gasteiger partial charge on any atom is 0.268 e. The molecular weight excluding hydrogens is 345 g/mol. The van der Waals surface area contributed by atoms with Crippen LogP contribution in [0.15, 0.2) is 35.4 Å². The van der Waals surface area contributed by atoms with Crippen LogP contribution in [0.4, 0.5) is 0 Å². The van der Waals surface area contributed by atoms with E-state index < -0.39 is 0 Å². The van der Waals surface area contributed by atoms with Gasteiger partial charge in [-0.15, -0.1) is 0 Å². The Labute approximate surface area is 118 Å². The van der Waals surface area contributed by atoms with Crippen LogP contribution in [0, 0.1) is 3.57 Å². The summed E-state index contributed by atoms with van der Waals surface area (Å²) in [6.07, 6.45) is 1.33. The van der Waals surface area contributed by atoms with Crippen LogP contribution in [0.2, 0.25) is 0 Å². The van der Waals surface area contributed by atoms with Gasteiger partial charge in [-0.2, -0.15) is 0 Å². The molecule has 0 amide bonds. The second-order valence-corrected chi connectivity index (χ2v) is 4.71. The molecule has 1 aromatic carbocycles. The van der Waals surface area contributed by atoms with Crippen LogP contribution in [-0.2, 0) is 6.54 Å². The Hall–Kier alpha value is -1.41. The molecule has 0 unspecified atom stereocenters. The van der Waals surface area contributed by atoms with E-state index in [1.165, 1.54) is 6.33 Å². The third-order valence-electron chi connectivity index (χ3n) is 2.26. The summed E-state index contributed by atoms with van der Waals surface area (Å²) in [6, 6.07) is 7.65. The Kier molecular flexibility index (Phi) is 4.32. The summed E-state index contributed by atoms with van der Waals surface area (Å²) in [4.78, 5) is 17.9. The topological polar surface area (TPSA) is 67.0 Å². The molecule has 2 N–H and O–H groups in total. The Morgan fingerprint density at radius 3 is 3.11 bits per heavy atom. The Balaban J connectivity index is 2.25. The van der Waals surface area contributed by atoms with Crippen LogP contribution >= 0.6 is 22.6 Å². The summed E-state index contributed by atoms with van der Waals surface area (Å²) in [5.74, 6) is 0.986. The second-order valence-electron chi connectivity index (χ2n) is 3.63. The highest BCUT2D eigenvalue weighted by molar-refractivity contribution is 14.1. The lowest BCUT2D eigenvalue weighted by Crippen LogP contribution is -2.11. The van der Waals surface area contributed by atoms with Crippen molar-refractivity contribution in [3.05, 3.63) is 50.1 Å². The molecule has 0 aliphatic heterocycles. The van der Waals surface area contributed by atoms with Crippen molar-refractivity contribution in [3.63, 3.8) is 0 Å². The van der Waals surface area contributed by atoms with Gasteiger partial charge in [-0.05, 0) is 47.3 Å². The van der Waals surface area contributed by atoms with Gasteiger partial charge in [0.05, 0.1) is 6.33 Å². The number of benzene rings is 1. The molecule has 1 heterocycles. The fourth-order valence-electron chi connectivity index (χ4n) is 1.47. The quantitative estimate of drug-likeness (QED) is 0.821. The van der Waals surface area contributed by atoms with Gasteiger partial charge in [0, 0.05) is 6.54 Å². The molecule has 0 saturated carbocycles. The molecule has 6 heteroatoms. The van der Waals surface area contributed by atoms with Gasteiger partial charge in [-0.25, -0.2) is 4.98 Å². The normalized spacial score (nSPS) is 10.3. The summed E-state index contributed by atoms with van der Waals surface area (Å²) in [5, 5.41) is 3.07. The number of aromatic amines is 1. The number of aromatic nitrogens is 2. The number of halogens is 1. The third-order valence-corrected chi connectivity index (χ3v) is 3.21. The zero-order chi connectivity index (χ0) is 13.0. The molecule has 18 heavy (non-hydrogen) atoms. The van der Waals surface area contributed by atoms with E-state index in [0.29, 0.717) is 15.2 Å². The van der Waals surface area contributed by atoms with E-state index >= 15 is 0 Å². The van der Waals surface area contributed by atoms with E-state index in [9.17, 15) is 4.79 Å². The van der Waals surface area contributed by atoms with Gasteiger partial charge in [-0.1, -0.05) is 12.1 Å². The van der Waals surface area contributed by atoms with E-state index in [1.54, 1.807) is 0 Å². The molecule has 2 aromatic rings. The molecule has 0 bridgehead atoms. The smallest absolute Gasteiger partial charge is 0.268 e. The van der Waals surface area contributed by atoms with Crippen molar-refractivity contribution in [3.8, 4) is 11.6 Å². The first-order valence-electron chi connectivity index (χ1n) is 5.35. The summed E-state index contributed by atoms with van der Waals surface area (Å²) in [5.41, 5.74) is 0.904. The predicted molar refractivity (Wildman–Crippen MR) is 76.9 cm³/mol. The SMILES string of the molecule is CNCc1cccc(Oc2nc[nH]c(=O)c2I)c1. The molecule has 0 radical (unpaired) electrons. The lowest BCUT2D eigenvalue weighted by Gasteiger charge is -2.07. The number of ether oxygens (including phenoxy) is 1. The fourth-order valence-corrected chi connectivity index (χ4v) is 1.88. The molecule has 0 aliphatic rings. The predicted octanol–water partition coefficient (Wildman–Crippen LogP) is 1.89. The number of hydrogen-bond acceptors (Lipinski definition) is 4. The van der Waals surface area contributed by atoms with E-state index in [1.807, 2.05) is 53.9 Å². The molecule has 0 saturated heterocycles. The van der Waals surface area contributed by atoms with Crippen LogP contribution in [0.3, 0.4) is 0 Å². The number of rotatable bonds is 4. The highest BCUT2D eigenvalue weighted by atomic mass is 127. The minimum atomic E-state index is -0.202. The molecule has 94 valence electrons. The zero-order valence-electron chi connectivity index (χ0n) is 9.74. The standard InChI is InChI=1S/C12H12IN3O2/c1-14-6-8-3-2-4-9(5-8)18-12-10(13)11(17)15-7-16-12/h2-5,7,14H,6H2,1H3,(H,15,16,17). The van der Waals surface area contributed by atoms with Gasteiger partial charge in [0.2, 0.25) is 5.88 Å². The first-order valence-corrected chi connectivity index (χ1v) is 6.43.